The summed E-state index contributed by atoms with van der Waals surface area (Å²) in [5.41, 5.74) is 0. The minimum absolute atomic E-state index is 0.817. The molecule has 2 aromatic heterocycles. The Morgan fingerprint density at radius 1 is 1.11 bits per heavy atom. The van der Waals surface area contributed by atoms with E-state index in [1.807, 2.05) is 22.9 Å². The first kappa shape index (κ1) is 12.5. The van der Waals surface area contributed by atoms with Gasteiger partial charge in [-0.2, -0.15) is 4.68 Å². The van der Waals surface area contributed by atoms with Crippen molar-refractivity contribution in [1.29, 1.82) is 0 Å². The molecule has 0 saturated heterocycles. The zero-order valence-corrected chi connectivity index (χ0v) is 11.1. The van der Waals surface area contributed by atoms with Crippen LogP contribution in [0, 0.1) is 0 Å². The molecule has 0 saturated carbocycles. The Hall–Kier alpha value is -1.91. The van der Waals surface area contributed by atoms with Crippen molar-refractivity contribution in [2.45, 2.75) is 33.6 Å². The van der Waals surface area contributed by atoms with Crippen molar-refractivity contribution >= 4 is 5.82 Å². The van der Waals surface area contributed by atoms with Gasteiger partial charge < -0.3 is 5.32 Å². The van der Waals surface area contributed by atoms with Gasteiger partial charge in [0.25, 0.3) is 0 Å². The Morgan fingerprint density at radius 3 is 2.61 bits per heavy atom. The van der Waals surface area contributed by atoms with E-state index in [0.717, 1.165) is 42.7 Å². The van der Waals surface area contributed by atoms with Crippen molar-refractivity contribution in [1.82, 2.24) is 19.7 Å². The summed E-state index contributed by atoms with van der Waals surface area (Å²) in [5, 5.41) is 7.69. The molecule has 0 atom stereocenters. The van der Waals surface area contributed by atoms with E-state index in [-0.39, 0.29) is 0 Å². The van der Waals surface area contributed by atoms with E-state index in [9.17, 15) is 0 Å². The highest BCUT2D eigenvalue weighted by molar-refractivity contribution is 5.39. The molecular weight excluding hydrogens is 226 g/mol. The Kier molecular flexibility index (Phi) is 3.92. The lowest BCUT2D eigenvalue weighted by Crippen LogP contribution is -2.07. The van der Waals surface area contributed by atoms with E-state index in [4.69, 9.17) is 0 Å². The molecule has 18 heavy (non-hydrogen) atoms. The molecule has 0 aliphatic carbocycles. The van der Waals surface area contributed by atoms with Gasteiger partial charge in [-0.15, -0.1) is 5.10 Å². The van der Waals surface area contributed by atoms with E-state index < -0.39 is 0 Å². The van der Waals surface area contributed by atoms with Crippen LogP contribution in [0.25, 0.3) is 5.82 Å². The quantitative estimate of drug-likeness (QED) is 0.877. The van der Waals surface area contributed by atoms with E-state index in [0.29, 0.717) is 0 Å². The normalized spacial score (nSPS) is 10.6. The minimum atomic E-state index is 0.817. The van der Waals surface area contributed by atoms with Crippen LogP contribution in [0.3, 0.4) is 0 Å². The van der Waals surface area contributed by atoms with Crippen molar-refractivity contribution in [3.05, 3.63) is 29.8 Å². The predicted molar refractivity (Wildman–Crippen MR) is 72.1 cm³/mol. The number of anilines is 1. The van der Waals surface area contributed by atoms with Gasteiger partial charge in [0.15, 0.2) is 11.6 Å². The van der Waals surface area contributed by atoms with Crippen molar-refractivity contribution in [2.24, 2.45) is 0 Å². The third kappa shape index (κ3) is 2.50. The van der Waals surface area contributed by atoms with E-state index in [1.54, 1.807) is 0 Å². The fraction of sp³-hybridized carbons (Fsp3) is 0.462. The first-order valence-corrected chi connectivity index (χ1v) is 6.44. The van der Waals surface area contributed by atoms with Gasteiger partial charge in [0.05, 0.1) is 0 Å². The molecule has 0 fully saturated rings. The van der Waals surface area contributed by atoms with Gasteiger partial charge in [0.2, 0.25) is 0 Å². The Balaban J connectivity index is 2.40. The summed E-state index contributed by atoms with van der Waals surface area (Å²) in [4.78, 5) is 9.03. The summed E-state index contributed by atoms with van der Waals surface area (Å²) >= 11 is 0. The van der Waals surface area contributed by atoms with Gasteiger partial charge in [-0.3, -0.25) is 0 Å². The third-order valence-corrected chi connectivity index (χ3v) is 2.66. The zero-order valence-electron chi connectivity index (χ0n) is 11.1. The summed E-state index contributed by atoms with van der Waals surface area (Å²) in [6, 6.07) is 5.89. The molecule has 0 aromatic carbocycles. The molecule has 0 amide bonds. The average molecular weight is 245 g/mol. The maximum Gasteiger partial charge on any atom is 0.157 e. The predicted octanol–water partition coefficient (Wildman–Crippen LogP) is 2.22. The van der Waals surface area contributed by atoms with Crippen molar-refractivity contribution in [2.75, 3.05) is 11.9 Å². The van der Waals surface area contributed by atoms with Crippen LogP contribution in [0.2, 0.25) is 0 Å². The molecule has 5 heteroatoms. The molecular formula is C13H19N5. The molecule has 2 aromatic rings. The fourth-order valence-electron chi connectivity index (χ4n) is 1.77. The molecule has 2 heterocycles. The van der Waals surface area contributed by atoms with Gasteiger partial charge in [0.1, 0.15) is 11.6 Å². The van der Waals surface area contributed by atoms with Crippen LogP contribution in [0.4, 0.5) is 5.82 Å². The second-order valence-corrected chi connectivity index (χ2v) is 3.97. The van der Waals surface area contributed by atoms with Crippen LogP contribution < -0.4 is 5.32 Å². The Bertz CT molecular complexity index is 518. The molecule has 2 rings (SSSR count). The van der Waals surface area contributed by atoms with Crippen molar-refractivity contribution in [3.8, 4) is 5.82 Å². The third-order valence-electron chi connectivity index (χ3n) is 2.66. The van der Waals surface area contributed by atoms with Crippen molar-refractivity contribution < 1.29 is 0 Å². The number of pyridine rings is 1. The lowest BCUT2D eigenvalue weighted by atomic mass is 10.4. The van der Waals surface area contributed by atoms with Gasteiger partial charge in [-0.05, 0) is 19.1 Å². The number of nitrogens with one attached hydrogen (secondary N) is 1. The standard InChI is InChI=1S/C13H19N5/c1-4-10-15-12(5-2)18(17-10)13-9-7-8-11(16-13)14-6-3/h7-9H,4-6H2,1-3H3,(H,14,16). The number of rotatable bonds is 5. The van der Waals surface area contributed by atoms with Crippen LogP contribution >= 0.6 is 0 Å². The summed E-state index contributed by atoms with van der Waals surface area (Å²) < 4.78 is 1.83. The van der Waals surface area contributed by atoms with Crippen LogP contribution in [0.1, 0.15) is 32.4 Å². The fourth-order valence-corrected chi connectivity index (χ4v) is 1.77. The van der Waals surface area contributed by atoms with Gasteiger partial charge in [-0.25, -0.2) is 9.97 Å². The monoisotopic (exact) mass is 245 g/mol. The van der Waals surface area contributed by atoms with Gasteiger partial charge in [-0.1, -0.05) is 19.9 Å². The lowest BCUT2D eigenvalue weighted by Gasteiger charge is -2.06. The summed E-state index contributed by atoms with van der Waals surface area (Å²) in [6.45, 7) is 7.04. The Labute approximate surface area is 107 Å². The van der Waals surface area contributed by atoms with Gasteiger partial charge in [0, 0.05) is 19.4 Å². The SMILES string of the molecule is CCNc1cccc(-n2nc(CC)nc2CC)n1. The first-order chi connectivity index (χ1) is 8.78. The minimum Gasteiger partial charge on any atom is -0.370 e. The van der Waals surface area contributed by atoms with Crippen LogP contribution in [0.5, 0.6) is 0 Å². The summed E-state index contributed by atoms with van der Waals surface area (Å²) in [6.07, 6.45) is 1.69. The Morgan fingerprint density at radius 2 is 1.94 bits per heavy atom. The molecule has 0 bridgehead atoms. The number of hydrogen-bond acceptors (Lipinski definition) is 4. The summed E-state index contributed by atoms with van der Waals surface area (Å²) in [5.74, 6) is 3.50. The molecule has 0 aliphatic heterocycles. The lowest BCUT2D eigenvalue weighted by molar-refractivity contribution is 0.769. The highest BCUT2D eigenvalue weighted by Gasteiger charge is 2.10. The van der Waals surface area contributed by atoms with Gasteiger partial charge >= 0.3 is 0 Å². The highest BCUT2D eigenvalue weighted by Crippen LogP contribution is 2.11. The van der Waals surface area contributed by atoms with Crippen LogP contribution in [-0.2, 0) is 12.8 Å². The topological polar surface area (TPSA) is 55.6 Å². The van der Waals surface area contributed by atoms with Crippen LogP contribution in [-0.4, -0.2) is 26.3 Å². The van der Waals surface area contributed by atoms with E-state index in [2.05, 4.69) is 41.2 Å². The number of nitrogens with zero attached hydrogens (tertiary/aromatic N) is 4. The maximum absolute atomic E-state index is 4.54. The smallest absolute Gasteiger partial charge is 0.157 e. The molecule has 5 nitrogen and oxygen atoms in total. The molecule has 1 N–H and O–H groups in total. The molecule has 96 valence electrons. The largest absolute Gasteiger partial charge is 0.370 e. The number of aryl methyl sites for hydroxylation is 2. The molecule has 0 unspecified atom stereocenters. The van der Waals surface area contributed by atoms with Crippen molar-refractivity contribution in [3.63, 3.8) is 0 Å². The second kappa shape index (κ2) is 5.62. The average Bonchev–Trinajstić information content (AvgIpc) is 2.83. The summed E-state index contributed by atoms with van der Waals surface area (Å²) in [7, 11) is 0. The number of aromatic nitrogens is 4. The number of hydrogen-bond donors (Lipinski definition) is 1. The second-order valence-electron chi connectivity index (χ2n) is 3.97. The molecule has 0 spiro atoms. The highest BCUT2D eigenvalue weighted by atomic mass is 15.4. The first-order valence-electron chi connectivity index (χ1n) is 6.44. The van der Waals surface area contributed by atoms with Crippen LogP contribution in [0.15, 0.2) is 18.2 Å². The maximum atomic E-state index is 4.54. The van der Waals surface area contributed by atoms with E-state index >= 15 is 0 Å². The van der Waals surface area contributed by atoms with E-state index in [1.165, 1.54) is 0 Å². The molecule has 0 radical (unpaired) electrons. The zero-order chi connectivity index (χ0) is 13.0. The molecule has 0 aliphatic rings.